The zero-order valence-electron chi connectivity index (χ0n) is 25.4. The molecule has 4 nitrogen and oxygen atoms in total. The van der Waals surface area contributed by atoms with Gasteiger partial charge in [0.1, 0.15) is 0 Å². The van der Waals surface area contributed by atoms with Crippen LogP contribution in [0.4, 0.5) is 0 Å². The fourth-order valence-electron chi connectivity index (χ4n) is 6.46. The molecule has 3 rings (SSSR count). The third kappa shape index (κ3) is 4.72. The molecule has 0 spiro atoms. The molecule has 36 heavy (non-hydrogen) atoms. The Morgan fingerprint density at radius 1 is 0.583 bits per heavy atom. The Morgan fingerprint density at radius 3 is 1.25 bits per heavy atom. The Labute approximate surface area is 223 Å². The van der Waals surface area contributed by atoms with Crippen LogP contribution in [0.1, 0.15) is 102 Å². The lowest BCUT2D eigenvalue weighted by molar-refractivity contribution is 0.00578. The van der Waals surface area contributed by atoms with Crippen molar-refractivity contribution in [3.63, 3.8) is 0 Å². The quantitative estimate of drug-likeness (QED) is 0.348. The summed E-state index contributed by atoms with van der Waals surface area (Å²) in [6.07, 6.45) is 0. The molecule has 0 aromatic heterocycles. The first kappa shape index (κ1) is 29.7. The largest absolute Gasteiger partial charge is 0.494 e. The monoisotopic (exact) mass is 512 g/mol. The van der Waals surface area contributed by atoms with E-state index < -0.39 is 44.7 Å². The van der Waals surface area contributed by atoms with Crippen molar-refractivity contribution in [1.82, 2.24) is 0 Å². The van der Waals surface area contributed by atoms with E-state index in [9.17, 15) is 0 Å². The van der Waals surface area contributed by atoms with E-state index in [0.29, 0.717) is 16.6 Å². The van der Waals surface area contributed by atoms with E-state index in [-0.39, 0.29) is 0 Å². The van der Waals surface area contributed by atoms with Crippen LogP contribution in [0.2, 0.25) is 16.6 Å². The van der Waals surface area contributed by atoms with Gasteiger partial charge in [0.25, 0.3) is 0 Å². The molecular weight excluding hydrogens is 462 g/mol. The smallest absolute Gasteiger partial charge is 0.400 e. The maximum absolute atomic E-state index is 6.89. The van der Waals surface area contributed by atoms with E-state index in [1.165, 1.54) is 5.10 Å². The molecule has 0 unspecified atom stereocenters. The zero-order valence-corrected chi connectivity index (χ0v) is 26.4. The van der Waals surface area contributed by atoms with Gasteiger partial charge < -0.3 is 18.6 Å². The molecule has 0 radical (unpaired) electrons. The first-order valence-electron chi connectivity index (χ1n) is 13.8. The minimum atomic E-state index is -2.28. The van der Waals surface area contributed by atoms with E-state index in [1.54, 1.807) is 0 Å². The average molecular weight is 512 g/mol. The van der Waals surface area contributed by atoms with Crippen LogP contribution in [0.3, 0.4) is 0 Å². The van der Waals surface area contributed by atoms with Gasteiger partial charge in [0.2, 0.25) is 0 Å². The molecule has 0 saturated carbocycles. The second kappa shape index (κ2) is 9.71. The third-order valence-corrected chi connectivity index (χ3v) is 16.9. The Morgan fingerprint density at radius 2 is 0.917 bits per heavy atom. The highest BCUT2D eigenvalue weighted by Crippen LogP contribution is 2.54. The lowest BCUT2D eigenvalue weighted by Crippen LogP contribution is -2.53. The molecule has 200 valence electrons. The molecule has 0 N–H and O–H groups in total. The second-order valence-corrected chi connectivity index (χ2v) is 19.6. The van der Waals surface area contributed by atoms with Crippen molar-refractivity contribution in [2.75, 3.05) is 0 Å². The van der Waals surface area contributed by atoms with Gasteiger partial charge >= 0.3 is 14.2 Å². The van der Waals surface area contributed by atoms with Crippen molar-refractivity contribution in [2.45, 2.75) is 136 Å². The summed E-state index contributed by atoms with van der Waals surface area (Å²) in [6, 6.07) is 10.6. The third-order valence-electron chi connectivity index (χ3n) is 9.69. The summed E-state index contributed by atoms with van der Waals surface area (Å²) in [5, 5.41) is 1.30. The van der Waals surface area contributed by atoms with Crippen LogP contribution in [-0.2, 0) is 18.6 Å². The van der Waals surface area contributed by atoms with Gasteiger partial charge in [-0.3, -0.25) is 0 Å². The number of hydrogen-bond donors (Lipinski definition) is 0. The molecular formula is C29H50B2O4Si. The molecule has 2 aliphatic heterocycles. The van der Waals surface area contributed by atoms with Crippen LogP contribution in [0.15, 0.2) is 35.4 Å². The maximum Gasteiger partial charge on any atom is 0.494 e. The summed E-state index contributed by atoms with van der Waals surface area (Å²) in [6.45, 7) is 31.4. The minimum absolute atomic E-state index is 0.439. The average Bonchev–Trinajstić information content (AvgIpc) is 3.06. The Hall–Kier alpha value is -0.853. The van der Waals surface area contributed by atoms with Gasteiger partial charge in [-0.25, -0.2) is 0 Å². The van der Waals surface area contributed by atoms with Crippen LogP contribution < -0.4 is 0 Å². The normalized spacial score (nSPS) is 23.7. The van der Waals surface area contributed by atoms with Crippen LogP contribution in [0, 0.1) is 0 Å². The summed E-state index contributed by atoms with van der Waals surface area (Å²) >= 11 is 0. The molecule has 0 aliphatic carbocycles. The molecule has 1 aromatic rings. The fraction of sp³-hybridized carbons (Fsp3) is 0.724. The summed E-state index contributed by atoms with van der Waals surface area (Å²) in [4.78, 5) is 0. The molecule has 2 heterocycles. The van der Waals surface area contributed by atoms with Crippen molar-refractivity contribution >= 4 is 27.8 Å². The SMILES string of the molecule is CC(C)[Si](/C(B1OC(C)(C)C(C)(C)O1)=C(\B1OC(C)(C)C(C)(C)O1)c1ccccc1)(C(C)C)C(C)C. The second-order valence-electron chi connectivity index (χ2n) is 13.8. The van der Waals surface area contributed by atoms with E-state index in [2.05, 4.69) is 127 Å². The Kier molecular flexibility index (Phi) is 8.01. The molecule has 2 fully saturated rings. The fourth-order valence-corrected chi connectivity index (χ4v) is 13.6. The number of hydrogen-bond acceptors (Lipinski definition) is 4. The first-order chi connectivity index (χ1) is 16.3. The first-order valence-corrected chi connectivity index (χ1v) is 16.1. The van der Waals surface area contributed by atoms with Gasteiger partial charge in [0.05, 0.1) is 30.5 Å². The van der Waals surface area contributed by atoms with Crippen molar-refractivity contribution in [3.8, 4) is 0 Å². The lowest BCUT2D eigenvalue weighted by Gasteiger charge is -2.47. The van der Waals surface area contributed by atoms with Gasteiger partial charge in [0.15, 0.2) is 0 Å². The predicted octanol–water partition coefficient (Wildman–Crippen LogP) is 7.92. The molecule has 0 amide bonds. The van der Waals surface area contributed by atoms with Crippen LogP contribution in [0.25, 0.3) is 5.47 Å². The highest BCUT2D eigenvalue weighted by molar-refractivity contribution is 7.03. The van der Waals surface area contributed by atoms with E-state index in [1.807, 2.05) is 0 Å². The van der Waals surface area contributed by atoms with Gasteiger partial charge in [-0.1, -0.05) is 71.9 Å². The highest BCUT2D eigenvalue weighted by atomic mass is 28.3. The Bertz CT molecular complexity index is 913. The molecule has 2 saturated heterocycles. The van der Waals surface area contributed by atoms with Gasteiger partial charge in [-0.05, 0) is 88.1 Å². The minimum Gasteiger partial charge on any atom is -0.400 e. The molecule has 0 bridgehead atoms. The Balaban J connectivity index is 2.46. The molecule has 0 atom stereocenters. The van der Waals surface area contributed by atoms with Crippen LogP contribution in [-0.4, -0.2) is 44.7 Å². The molecule has 7 heteroatoms. The van der Waals surface area contributed by atoms with E-state index >= 15 is 0 Å². The van der Waals surface area contributed by atoms with Crippen molar-refractivity contribution < 1.29 is 18.6 Å². The summed E-state index contributed by atoms with van der Waals surface area (Å²) in [5.74, 6) is 0. The number of benzene rings is 1. The lowest BCUT2D eigenvalue weighted by atomic mass is 9.67. The van der Waals surface area contributed by atoms with Gasteiger partial charge in [-0.15, -0.1) is 0 Å². The summed E-state index contributed by atoms with van der Waals surface area (Å²) in [7, 11) is -3.24. The highest BCUT2D eigenvalue weighted by Gasteiger charge is 2.62. The molecule has 2 aliphatic rings. The topological polar surface area (TPSA) is 36.9 Å². The van der Waals surface area contributed by atoms with Crippen LogP contribution >= 0.6 is 0 Å². The molecule has 1 aromatic carbocycles. The summed E-state index contributed by atoms with van der Waals surface area (Å²) < 4.78 is 27.4. The van der Waals surface area contributed by atoms with E-state index in [0.717, 1.165) is 11.0 Å². The van der Waals surface area contributed by atoms with E-state index in [4.69, 9.17) is 18.6 Å². The summed E-state index contributed by atoms with van der Waals surface area (Å²) in [5.41, 5.74) is 1.85. The standard InChI is InChI=1S/C29H50B2O4Si/c1-20(2)36(21(3)4,22(5)6)25(31-34-28(11,12)29(13,14)35-31)24(23-18-16-15-17-19-23)30-32-26(7,8)27(9,10)33-30/h15-22H,1-14H3/b25-24-. The maximum atomic E-state index is 6.89. The van der Waals surface area contributed by atoms with Gasteiger partial charge in [-0.2, -0.15) is 0 Å². The van der Waals surface area contributed by atoms with Gasteiger partial charge in [0, 0.05) is 0 Å². The van der Waals surface area contributed by atoms with Crippen molar-refractivity contribution in [2.24, 2.45) is 0 Å². The van der Waals surface area contributed by atoms with Crippen molar-refractivity contribution in [1.29, 1.82) is 0 Å². The van der Waals surface area contributed by atoms with Crippen molar-refractivity contribution in [3.05, 3.63) is 41.0 Å². The number of rotatable bonds is 7. The van der Waals surface area contributed by atoms with Crippen LogP contribution in [0.5, 0.6) is 0 Å². The zero-order chi connectivity index (χ0) is 27.5. The predicted molar refractivity (Wildman–Crippen MR) is 157 cm³/mol.